The van der Waals surface area contributed by atoms with Gasteiger partial charge in [-0.2, -0.15) is 0 Å². The second-order valence-corrected chi connectivity index (χ2v) is 7.69. The van der Waals surface area contributed by atoms with E-state index >= 15 is 0 Å². The number of carbonyl (C=O) groups is 1. The summed E-state index contributed by atoms with van der Waals surface area (Å²) in [5.74, 6) is -0.537. The van der Waals surface area contributed by atoms with Crippen molar-refractivity contribution in [3.05, 3.63) is 47.9 Å². The van der Waals surface area contributed by atoms with Crippen LogP contribution in [0.5, 0.6) is 0 Å². The van der Waals surface area contributed by atoms with Gasteiger partial charge in [-0.3, -0.25) is 14.4 Å². The minimum Gasteiger partial charge on any atom is -0.394 e. The summed E-state index contributed by atoms with van der Waals surface area (Å²) in [6.45, 7) is 7.05. The molecule has 1 unspecified atom stereocenters. The van der Waals surface area contributed by atoms with Crippen LogP contribution in [0.3, 0.4) is 0 Å². The number of aromatic nitrogens is 2. The van der Waals surface area contributed by atoms with E-state index < -0.39 is 30.3 Å². The van der Waals surface area contributed by atoms with Gasteiger partial charge in [0.15, 0.2) is 23.7 Å². The molecule has 164 valence electrons. The number of benzene rings is 1. The molecule has 4 rings (SSSR count). The van der Waals surface area contributed by atoms with Gasteiger partial charge < -0.3 is 24.6 Å². The molecule has 0 spiro atoms. The normalized spacial score (nSPS) is 27.2. The number of aliphatic hydroxyl groups is 1. The summed E-state index contributed by atoms with van der Waals surface area (Å²) < 4.78 is 19.6. The van der Waals surface area contributed by atoms with Crippen molar-refractivity contribution in [1.29, 1.82) is 0 Å². The zero-order valence-corrected chi connectivity index (χ0v) is 17.6. The summed E-state index contributed by atoms with van der Waals surface area (Å²) in [4.78, 5) is 25.3. The Morgan fingerprint density at radius 1 is 1.29 bits per heavy atom. The second kappa shape index (κ2) is 8.31. The van der Waals surface area contributed by atoms with Gasteiger partial charge in [0.05, 0.1) is 12.9 Å². The molecule has 0 saturated carbocycles. The maximum absolute atomic E-state index is 12.6. The molecular formula is C21H25N5O5. The van der Waals surface area contributed by atoms with Gasteiger partial charge in [0.2, 0.25) is 0 Å². The number of aliphatic hydroxyl groups excluding tert-OH is 1. The Labute approximate surface area is 179 Å². The van der Waals surface area contributed by atoms with Gasteiger partial charge in [-0.25, -0.2) is 9.98 Å². The van der Waals surface area contributed by atoms with Crippen LogP contribution in [0, 0.1) is 0 Å². The summed E-state index contributed by atoms with van der Waals surface area (Å²) in [6.07, 6.45) is -0.595. The molecule has 2 N–H and O–H groups in total. The number of imidazole rings is 1. The number of amidine groups is 1. The maximum Gasteiger partial charge on any atom is 0.256 e. The van der Waals surface area contributed by atoms with Crippen molar-refractivity contribution in [2.24, 2.45) is 9.98 Å². The molecule has 31 heavy (non-hydrogen) atoms. The van der Waals surface area contributed by atoms with E-state index in [0.717, 1.165) is 0 Å². The fraction of sp³-hybridized carbons (Fsp3) is 0.429. The number of nitrogens with one attached hydrogen (secondary N) is 1. The smallest absolute Gasteiger partial charge is 0.256 e. The van der Waals surface area contributed by atoms with Crippen LogP contribution in [-0.2, 0) is 14.2 Å². The van der Waals surface area contributed by atoms with E-state index in [4.69, 9.17) is 14.2 Å². The van der Waals surface area contributed by atoms with E-state index in [-0.39, 0.29) is 18.3 Å². The molecule has 10 heteroatoms. The van der Waals surface area contributed by atoms with Gasteiger partial charge in [0, 0.05) is 12.6 Å². The lowest BCUT2D eigenvalue weighted by Gasteiger charge is -2.24. The number of ether oxygens (including phenoxy) is 3. The fourth-order valence-corrected chi connectivity index (χ4v) is 3.88. The summed E-state index contributed by atoms with van der Waals surface area (Å²) >= 11 is 0. The Hall–Kier alpha value is -2.92. The molecule has 1 aromatic carbocycles. The molecule has 0 aliphatic carbocycles. The second-order valence-electron chi connectivity index (χ2n) is 7.69. The third kappa shape index (κ3) is 3.90. The number of nitrogens with zero attached hydrogens (tertiary/aromatic N) is 4. The third-order valence-electron chi connectivity index (χ3n) is 5.21. The van der Waals surface area contributed by atoms with Crippen LogP contribution in [-0.4, -0.2) is 70.9 Å². The van der Waals surface area contributed by atoms with Crippen LogP contribution >= 0.6 is 0 Å². The molecular weight excluding hydrogens is 402 g/mol. The van der Waals surface area contributed by atoms with E-state index in [1.165, 1.54) is 6.33 Å². The molecule has 1 amide bonds. The first kappa shape index (κ1) is 21.3. The van der Waals surface area contributed by atoms with Gasteiger partial charge in [0.1, 0.15) is 24.0 Å². The van der Waals surface area contributed by atoms with Crippen molar-refractivity contribution in [3.8, 4) is 0 Å². The standard InChI is InChI=1S/C21H25N5O5/c1-21(2)30-15-13(10-27)29-20(16(15)31-21)26-11-24-14(18(26)23-4)17(22-3)25-19(28)12-8-6-5-7-9-12/h5-9,11,13,15-16,20,27H,4,10H2,1-3H3,(H,22,25,28)/t13-,15+,16?,20-/m1/s1. The first-order valence-corrected chi connectivity index (χ1v) is 9.87. The van der Waals surface area contributed by atoms with Gasteiger partial charge in [-0.05, 0) is 32.7 Å². The molecule has 0 bridgehead atoms. The first-order chi connectivity index (χ1) is 14.9. The van der Waals surface area contributed by atoms with Gasteiger partial charge >= 0.3 is 0 Å². The van der Waals surface area contributed by atoms with Crippen LogP contribution in [0.2, 0.25) is 0 Å². The van der Waals surface area contributed by atoms with Crippen molar-refractivity contribution in [3.63, 3.8) is 0 Å². The van der Waals surface area contributed by atoms with Crippen LogP contribution in [0.4, 0.5) is 5.82 Å². The SMILES string of the molecule is C=Nc1c(/C(=N\C)NC(=O)c2ccccc2)ncn1[C@@H]1O[C@H](CO)[C@@H]2OC(C)(C)OC21. The Morgan fingerprint density at radius 2 is 2.00 bits per heavy atom. The van der Waals surface area contributed by atoms with Crippen molar-refractivity contribution in [1.82, 2.24) is 14.9 Å². The van der Waals surface area contributed by atoms with Crippen LogP contribution < -0.4 is 5.32 Å². The molecule has 10 nitrogen and oxygen atoms in total. The predicted octanol–water partition coefficient (Wildman–Crippen LogP) is 1.43. The van der Waals surface area contributed by atoms with Crippen molar-refractivity contribution in [2.45, 2.75) is 44.2 Å². The minimum atomic E-state index is -0.810. The largest absolute Gasteiger partial charge is 0.394 e. The molecule has 0 radical (unpaired) electrons. The number of hydrogen-bond donors (Lipinski definition) is 2. The zero-order valence-electron chi connectivity index (χ0n) is 17.6. The number of hydrogen-bond acceptors (Lipinski definition) is 8. The highest BCUT2D eigenvalue weighted by Crippen LogP contribution is 2.44. The fourth-order valence-electron chi connectivity index (χ4n) is 3.88. The third-order valence-corrected chi connectivity index (χ3v) is 5.21. The number of carbonyl (C=O) groups excluding carboxylic acids is 1. The Kier molecular flexibility index (Phi) is 5.71. The molecule has 2 aliphatic rings. The van der Waals surface area contributed by atoms with E-state index in [2.05, 4.69) is 27.0 Å². The average molecular weight is 427 g/mol. The van der Waals surface area contributed by atoms with E-state index in [1.54, 1.807) is 35.9 Å². The average Bonchev–Trinajstić information content (AvgIpc) is 3.42. The molecule has 4 atom stereocenters. The van der Waals surface area contributed by atoms with Crippen molar-refractivity contribution >= 4 is 24.3 Å². The number of aliphatic imine (C=N–C) groups is 2. The topological polar surface area (TPSA) is 120 Å². The van der Waals surface area contributed by atoms with E-state index in [1.807, 2.05) is 19.9 Å². The zero-order chi connectivity index (χ0) is 22.2. The van der Waals surface area contributed by atoms with Crippen molar-refractivity contribution < 1.29 is 24.1 Å². The first-order valence-electron chi connectivity index (χ1n) is 9.87. The molecule has 2 saturated heterocycles. The highest BCUT2D eigenvalue weighted by Gasteiger charge is 2.56. The number of amides is 1. The van der Waals surface area contributed by atoms with Crippen molar-refractivity contribution in [2.75, 3.05) is 13.7 Å². The van der Waals surface area contributed by atoms with Crippen LogP contribution in [0.25, 0.3) is 0 Å². The monoisotopic (exact) mass is 427 g/mol. The van der Waals surface area contributed by atoms with E-state index in [9.17, 15) is 9.90 Å². The number of fused-ring (bicyclic) bond motifs is 1. The van der Waals surface area contributed by atoms with Crippen LogP contribution in [0.15, 0.2) is 46.6 Å². The highest BCUT2D eigenvalue weighted by atomic mass is 16.8. The summed E-state index contributed by atoms with van der Waals surface area (Å²) in [7, 11) is 1.55. The molecule has 2 aliphatic heterocycles. The lowest BCUT2D eigenvalue weighted by molar-refractivity contribution is -0.199. The molecule has 3 heterocycles. The minimum absolute atomic E-state index is 0.218. The predicted molar refractivity (Wildman–Crippen MR) is 113 cm³/mol. The summed E-state index contributed by atoms with van der Waals surface area (Å²) in [5.41, 5.74) is 0.829. The van der Waals surface area contributed by atoms with Gasteiger partial charge in [-0.15, -0.1) is 0 Å². The molecule has 2 aromatic rings. The number of rotatable bonds is 5. The lowest BCUT2D eigenvalue weighted by atomic mass is 10.1. The van der Waals surface area contributed by atoms with Gasteiger partial charge in [0.25, 0.3) is 5.91 Å². The Balaban J connectivity index is 1.63. The van der Waals surface area contributed by atoms with Gasteiger partial charge in [-0.1, -0.05) is 18.2 Å². The molecule has 2 fully saturated rings. The lowest BCUT2D eigenvalue weighted by Crippen LogP contribution is -2.32. The quantitative estimate of drug-likeness (QED) is 0.550. The Bertz CT molecular complexity index is 1000. The maximum atomic E-state index is 12.6. The Morgan fingerprint density at radius 3 is 2.65 bits per heavy atom. The summed E-state index contributed by atoms with van der Waals surface area (Å²) in [6, 6.07) is 8.79. The highest BCUT2D eigenvalue weighted by molar-refractivity contribution is 6.13. The summed E-state index contributed by atoms with van der Waals surface area (Å²) in [5, 5.41) is 12.5. The van der Waals surface area contributed by atoms with E-state index in [0.29, 0.717) is 17.1 Å². The van der Waals surface area contributed by atoms with Crippen LogP contribution in [0.1, 0.15) is 36.1 Å². The molecule has 1 aromatic heterocycles.